The second kappa shape index (κ2) is 14.1. The van der Waals surface area contributed by atoms with Crippen LogP contribution in [-0.4, -0.2) is 0 Å². The van der Waals surface area contributed by atoms with Crippen LogP contribution in [0, 0.1) is 0 Å². The summed E-state index contributed by atoms with van der Waals surface area (Å²) in [6, 6.07) is 80.6. The fourth-order valence-corrected chi connectivity index (χ4v) is 9.81. The molecule has 294 valence electrons. The van der Waals surface area contributed by atoms with Crippen LogP contribution in [0.3, 0.4) is 0 Å². The number of fused-ring (bicyclic) bond motifs is 10. The molecule has 0 fully saturated rings. The summed E-state index contributed by atoms with van der Waals surface area (Å²) >= 11 is 0. The van der Waals surface area contributed by atoms with Crippen molar-refractivity contribution in [1.82, 2.24) is 0 Å². The Labute approximate surface area is 363 Å². The van der Waals surface area contributed by atoms with E-state index >= 15 is 0 Å². The molecule has 0 atom stereocenters. The molecule has 11 aromatic carbocycles. The average molecular weight is 804 g/mol. The molecular weight excluding hydrogens is 767 g/mol. The maximum absolute atomic E-state index is 6.81. The van der Waals surface area contributed by atoms with Gasteiger partial charge in [0.25, 0.3) is 0 Å². The van der Waals surface area contributed by atoms with Crippen LogP contribution in [0.15, 0.2) is 233 Å². The quantitative estimate of drug-likeness (QED) is 0.157. The van der Waals surface area contributed by atoms with Gasteiger partial charge >= 0.3 is 0 Å². The van der Waals surface area contributed by atoms with Crippen LogP contribution in [0.5, 0.6) is 0 Å². The Morgan fingerprint density at radius 1 is 0.270 bits per heavy atom. The molecule has 13 rings (SSSR count). The van der Waals surface area contributed by atoms with Gasteiger partial charge in [-0.25, -0.2) is 0 Å². The average Bonchev–Trinajstić information content (AvgIpc) is 3.91. The first-order valence-corrected chi connectivity index (χ1v) is 21.5. The van der Waals surface area contributed by atoms with E-state index in [1.54, 1.807) is 0 Å². The minimum atomic E-state index is 0.881. The number of para-hydroxylation sites is 3. The van der Waals surface area contributed by atoms with E-state index in [0.29, 0.717) is 0 Å². The number of furan rings is 2. The molecule has 0 aliphatic rings. The summed E-state index contributed by atoms with van der Waals surface area (Å²) in [5, 5.41) is 11.8. The topological polar surface area (TPSA) is 29.5 Å². The first-order valence-electron chi connectivity index (χ1n) is 21.5. The van der Waals surface area contributed by atoms with Gasteiger partial charge in [0.05, 0.1) is 5.69 Å². The van der Waals surface area contributed by atoms with Gasteiger partial charge < -0.3 is 13.7 Å². The Hall–Kier alpha value is -8.40. The Morgan fingerprint density at radius 3 is 1.65 bits per heavy atom. The number of anilines is 3. The first-order chi connectivity index (χ1) is 31.2. The van der Waals surface area contributed by atoms with E-state index < -0.39 is 0 Å². The molecule has 13 aromatic rings. The zero-order valence-electron chi connectivity index (χ0n) is 34.1. The normalized spacial score (nSPS) is 11.8. The van der Waals surface area contributed by atoms with Gasteiger partial charge in [-0.2, -0.15) is 0 Å². The lowest BCUT2D eigenvalue weighted by molar-refractivity contribution is 0.669. The number of hydrogen-bond donors (Lipinski definition) is 0. The third-order valence-corrected chi connectivity index (χ3v) is 12.8. The fraction of sp³-hybridized carbons (Fsp3) is 0. The summed E-state index contributed by atoms with van der Waals surface area (Å²) in [5.74, 6) is 0. The molecule has 3 heteroatoms. The summed E-state index contributed by atoms with van der Waals surface area (Å²) < 4.78 is 13.0. The van der Waals surface area contributed by atoms with Crippen molar-refractivity contribution in [3.05, 3.63) is 224 Å². The van der Waals surface area contributed by atoms with Crippen LogP contribution in [0.4, 0.5) is 17.1 Å². The molecule has 0 saturated carbocycles. The summed E-state index contributed by atoms with van der Waals surface area (Å²) in [4.78, 5) is 2.38. The summed E-state index contributed by atoms with van der Waals surface area (Å²) in [7, 11) is 0. The highest BCUT2D eigenvalue weighted by atomic mass is 16.3. The van der Waals surface area contributed by atoms with Gasteiger partial charge in [-0.3, -0.25) is 0 Å². The van der Waals surface area contributed by atoms with Crippen molar-refractivity contribution in [3.63, 3.8) is 0 Å². The summed E-state index contributed by atoms with van der Waals surface area (Å²) in [5.41, 5.74) is 13.5. The minimum Gasteiger partial charge on any atom is -0.456 e. The second-order valence-electron chi connectivity index (χ2n) is 16.4. The fourth-order valence-electron chi connectivity index (χ4n) is 9.81. The van der Waals surface area contributed by atoms with E-state index in [1.807, 2.05) is 12.1 Å². The van der Waals surface area contributed by atoms with Crippen molar-refractivity contribution in [1.29, 1.82) is 0 Å². The van der Waals surface area contributed by atoms with E-state index in [4.69, 9.17) is 8.83 Å². The lowest BCUT2D eigenvalue weighted by Crippen LogP contribution is -2.11. The third kappa shape index (κ3) is 5.75. The predicted molar refractivity (Wildman–Crippen MR) is 265 cm³/mol. The van der Waals surface area contributed by atoms with E-state index in [-0.39, 0.29) is 0 Å². The Balaban J connectivity index is 0.972. The van der Waals surface area contributed by atoms with Gasteiger partial charge in [-0.1, -0.05) is 158 Å². The van der Waals surface area contributed by atoms with E-state index in [2.05, 4.69) is 217 Å². The Kier molecular flexibility index (Phi) is 7.91. The van der Waals surface area contributed by atoms with Crippen LogP contribution in [0.25, 0.3) is 110 Å². The number of hydrogen-bond acceptors (Lipinski definition) is 3. The molecule has 0 amide bonds. The lowest BCUT2D eigenvalue weighted by atomic mass is 9.93. The van der Waals surface area contributed by atoms with E-state index in [9.17, 15) is 0 Å². The second-order valence-corrected chi connectivity index (χ2v) is 16.4. The van der Waals surface area contributed by atoms with Gasteiger partial charge in [-0.05, 0) is 121 Å². The molecule has 0 N–H and O–H groups in total. The van der Waals surface area contributed by atoms with Crippen molar-refractivity contribution < 1.29 is 8.83 Å². The zero-order valence-corrected chi connectivity index (χ0v) is 34.1. The minimum absolute atomic E-state index is 0.881. The van der Waals surface area contributed by atoms with Crippen molar-refractivity contribution in [2.24, 2.45) is 0 Å². The zero-order chi connectivity index (χ0) is 41.4. The maximum Gasteiger partial charge on any atom is 0.143 e. The number of nitrogens with zero attached hydrogens (tertiary/aromatic N) is 1. The number of rotatable bonds is 6. The molecule has 2 heterocycles. The molecule has 63 heavy (non-hydrogen) atoms. The van der Waals surface area contributed by atoms with Crippen molar-refractivity contribution in [2.45, 2.75) is 0 Å². The molecule has 0 aliphatic carbocycles. The van der Waals surface area contributed by atoms with Crippen LogP contribution < -0.4 is 4.90 Å². The highest BCUT2D eigenvalue weighted by Crippen LogP contribution is 2.46. The van der Waals surface area contributed by atoms with E-state index in [0.717, 1.165) is 83.2 Å². The molecule has 0 unspecified atom stereocenters. The van der Waals surface area contributed by atoms with Crippen molar-refractivity contribution >= 4 is 93.3 Å². The molecule has 0 saturated heterocycles. The van der Waals surface area contributed by atoms with Gasteiger partial charge in [0.2, 0.25) is 0 Å². The third-order valence-electron chi connectivity index (χ3n) is 12.8. The van der Waals surface area contributed by atoms with Crippen LogP contribution in [-0.2, 0) is 0 Å². The molecule has 3 nitrogen and oxygen atoms in total. The van der Waals surface area contributed by atoms with Crippen LogP contribution in [0.1, 0.15) is 0 Å². The Morgan fingerprint density at radius 2 is 0.841 bits per heavy atom. The van der Waals surface area contributed by atoms with Crippen molar-refractivity contribution in [3.8, 4) is 33.4 Å². The predicted octanol–water partition coefficient (Wildman–Crippen LogP) is 17.4. The van der Waals surface area contributed by atoms with Gasteiger partial charge in [0.15, 0.2) is 0 Å². The highest BCUT2D eigenvalue weighted by molar-refractivity contribution is 6.15. The van der Waals surface area contributed by atoms with E-state index in [1.165, 1.54) is 43.4 Å². The van der Waals surface area contributed by atoms with Gasteiger partial charge in [-0.15, -0.1) is 0 Å². The smallest absolute Gasteiger partial charge is 0.143 e. The SMILES string of the molecule is c1ccc(N(c2ccc(-c3ccc4oc5ccccc5c4c3)cc2)c2ccc(-c3cc4ccccc4c4ccccc34)cc2)c(-c2cccc3c2oc2cc4ccccc4cc23)c1. The van der Waals surface area contributed by atoms with Crippen molar-refractivity contribution in [2.75, 3.05) is 4.90 Å². The number of benzene rings is 11. The Bertz CT molecular complexity index is 3910. The molecule has 0 aliphatic heterocycles. The monoisotopic (exact) mass is 803 g/mol. The van der Waals surface area contributed by atoms with Gasteiger partial charge in [0, 0.05) is 44.0 Å². The maximum atomic E-state index is 6.81. The largest absolute Gasteiger partial charge is 0.456 e. The van der Waals surface area contributed by atoms with Crippen LogP contribution in [0.2, 0.25) is 0 Å². The molecule has 0 bridgehead atoms. The van der Waals surface area contributed by atoms with Crippen LogP contribution >= 0.6 is 0 Å². The molecule has 2 aromatic heterocycles. The lowest BCUT2D eigenvalue weighted by Gasteiger charge is -2.28. The summed E-state index contributed by atoms with van der Waals surface area (Å²) in [6.07, 6.45) is 0. The van der Waals surface area contributed by atoms with Gasteiger partial charge in [0.1, 0.15) is 22.3 Å². The summed E-state index contributed by atoms with van der Waals surface area (Å²) in [6.45, 7) is 0. The first kappa shape index (κ1) is 35.4. The molecular formula is C60H37NO2. The highest BCUT2D eigenvalue weighted by Gasteiger charge is 2.21. The molecule has 0 radical (unpaired) electrons. The molecule has 0 spiro atoms. The standard InChI is InChI=1S/C60H37NO2/c1-2-13-41-37-59-55(34-40(41)12-1)52-21-11-20-51(60(52)63-59)49-18-7-9-22-56(49)61(44-29-24-38(25-30-44)42-28-33-58-54(35-42)50-19-8-10-23-57(50)62-58)45-31-26-39(27-32-45)53-36-43-14-3-4-15-46(43)47-16-5-6-17-48(47)53/h1-37H.